The van der Waals surface area contributed by atoms with E-state index in [1.54, 1.807) is 0 Å². The maximum absolute atomic E-state index is 8.50. The molecule has 0 aliphatic carbocycles. The summed E-state index contributed by atoms with van der Waals surface area (Å²) in [5, 5.41) is 19.7. The van der Waals surface area contributed by atoms with Crippen LogP contribution in [0.1, 0.15) is 13.3 Å². The molecule has 1 atom stereocenters. The van der Waals surface area contributed by atoms with Gasteiger partial charge in [-0.05, 0) is 6.42 Å². The maximum Gasteiger partial charge on any atom is 0.152 e. The summed E-state index contributed by atoms with van der Waals surface area (Å²) in [4.78, 5) is 0. The number of nitrogens with zero attached hydrogens (tertiary/aromatic N) is 1. The largest absolute Gasteiger partial charge is 0.409 e. The molecule has 0 aromatic rings. The van der Waals surface area contributed by atoms with Gasteiger partial charge in [-0.25, -0.2) is 0 Å². The molecule has 0 bridgehead atoms. The van der Waals surface area contributed by atoms with Crippen LogP contribution in [0.15, 0.2) is 5.16 Å². The first-order valence-electron chi connectivity index (χ1n) is 3.46. The average Bonchev–Trinajstić information content (AvgIpc) is 2.05. The lowest BCUT2D eigenvalue weighted by Gasteiger charge is -2.10. The van der Waals surface area contributed by atoms with E-state index in [0.717, 1.165) is 6.42 Å². The van der Waals surface area contributed by atoms with Gasteiger partial charge in [0.1, 0.15) is 0 Å². The van der Waals surface area contributed by atoms with Gasteiger partial charge in [-0.15, -0.1) is 11.8 Å². The first-order valence-corrected chi connectivity index (χ1v) is 4.51. The van der Waals surface area contributed by atoms with E-state index in [0.29, 0.717) is 5.75 Å². The highest BCUT2D eigenvalue weighted by molar-refractivity contribution is 8.00. The summed E-state index contributed by atoms with van der Waals surface area (Å²) in [6.07, 6.45) is 0.806. The van der Waals surface area contributed by atoms with Crippen LogP contribution in [-0.4, -0.2) is 33.8 Å². The van der Waals surface area contributed by atoms with Crippen LogP contribution in [0, 0.1) is 0 Å². The van der Waals surface area contributed by atoms with Crippen molar-refractivity contribution in [2.45, 2.75) is 18.6 Å². The number of rotatable bonds is 5. The first-order chi connectivity index (χ1) is 5.26. The number of aliphatic hydroxyl groups excluding tert-OH is 1. The molecular formula is C6H14N2O2S. The molecule has 0 saturated carbocycles. The summed E-state index contributed by atoms with van der Waals surface area (Å²) in [5.41, 5.74) is 5.37. The van der Waals surface area contributed by atoms with E-state index < -0.39 is 0 Å². The highest BCUT2D eigenvalue weighted by Gasteiger charge is 2.10. The van der Waals surface area contributed by atoms with Crippen molar-refractivity contribution in [3.8, 4) is 0 Å². The molecule has 0 amide bonds. The smallest absolute Gasteiger partial charge is 0.152 e. The summed E-state index contributed by atoms with van der Waals surface area (Å²) in [6.45, 7) is 2.08. The summed E-state index contributed by atoms with van der Waals surface area (Å²) >= 11 is 1.49. The van der Waals surface area contributed by atoms with Crippen molar-refractivity contribution >= 4 is 17.6 Å². The molecule has 0 heterocycles. The van der Waals surface area contributed by atoms with E-state index in [1.165, 1.54) is 11.8 Å². The van der Waals surface area contributed by atoms with Gasteiger partial charge in [0, 0.05) is 5.75 Å². The van der Waals surface area contributed by atoms with Crippen molar-refractivity contribution in [1.82, 2.24) is 0 Å². The van der Waals surface area contributed by atoms with E-state index in [-0.39, 0.29) is 17.7 Å². The highest BCUT2D eigenvalue weighted by atomic mass is 32.2. The molecule has 4 nitrogen and oxygen atoms in total. The van der Waals surface area contributed by atoms with E-state index >= 15 is 0 Å². The van der Waals surface area contributed by atoms with Crippen LogP contribution < -0.4 is 5.73 Å². The van der Waals surface area contributed by atoms with Crippen LogP contribution in [0.5, 0.6) is 0 Å². The Morgan fingerprint density at radius 2 is 2.36 bits per heavy atom. The Hall–Kier alpha value is -0.420. The number of thioether (sulfide) groups is 1. The second kappa shape index (κ2) is 6.30. The van der Waals surface area contributed by atoms with Crippen molar-refractivity contribution in [1.29, 1.82) is 0 Å². The van der Waals surface area contributed by atoms with Crippen LogP contribution >= 0.6 is 11.8 Å². The fourth-order valence-electron chi connectivity index (χ4n) is 0.672. The fraction of sp³-hybridized carbons (Fsp3) is 0.833. The van der Waals surface area contributed by atoms with Gasteiger partial charge >= 0.3 is 0 Å². The lowest BCUT2D eigenvalue weighted by Crippen LogP contribution is -2.26. The third kappa shape index (κ3) is 4.10. The molecule has 0 fully saturated rings. The Kier molecular flexibility index (Phi) is 6.06. The van der Waals surface area contributed by atoms with Crippen molar-refractivity contribution < 1.29 is 10.3 Å². The van der Waals surface area contributed by atoms with Gasteiger partial charge in [-0.1, -0.05) is 12.1 Å². The molecule has 0 radical (unpaired) electrons. The molecule has 1 unspecified atom stereocenters. The Morgan fingerprint density at radius 1 is 1.73 bits per heavy atom. The quantitative estimate of drug-likeness (QED) is 0.244. The van der Waals surface area contributed by atoms with Gasteiger partial charge in [-0.2, -0.15) is 0 Å². The van der Waals surface area contributed by atoms with Gasteiger partial charge in [-0.3, -0.25) is 0 Å². The van der Waals surface area contributed by atoms with Crippen LogP contribution in [0.25, 0.3) is 0 Å². The van der Waals surface area contributed by atoms with Gasteiger partial charge in [0.25, 0.3) is 0 Å². The molecule has 0 aliphatic heterocycles. The number of oxime groups is 1. The fourth-order valence-corrected chi connectivity index (χ4v) is 1.52. The number of hydrogen-bond acceptors (Lipinski definition) is 4. The van der Waals surface area contributed by atoms with Crippen LogP contribution in [0.4, 0.5) is 0 Å². The van der Waals surface area contributed by atoms with Gasteiger partial charge < -0.3 is 16.0 Å². The zero-order chi connectivity index (χ0) is 8.69. The van der Waals surface area contributed by atoms with Gasteiger partial charge in [0.05, 0.1) is 11.9 Å². The number of amidine groups is 1. The number of aliphatic hydroxyl groups is 1. The zero-order valence-electron chi connectivity index (χ0n) is 6.53. The average molecular weight is 178 g/mol. The van der Waals surface area contributed by atoms with E-state index in [1.807, 2.05) is 6.92 Å². The molecule has 0 aliphatic rings. The van der Waals surface area contributed by atoms with Crippen LogP contribution in [0.3, 0.4) is 0 Å². The second-order valence-corrected chi connectivity index (χ2v) is 3.33. The Labute approximate surface area is 70.5 Å². The molecule has 0 rings (SSSR count). The summed E-state index contributed by atoms with van der Waals surface area (Å²) in [7, 11) is 0. The molecular weight excluding hydrogens is 164 g/mol. The second-order valence-electron chi connectivity index (χ2n) is 2.02. The molecule has 11 heavy (non-hydrogen) atoms. The van der Waals surface area contributed by atoms with E-state index in [4.69, 9.17) is 16.0 Å². The van der Waals surface area contributed by atoms with Crippen molar-refractivity contribution in [3.63, 3.8) is 0 Å². The predicted molar refractivity (Wildman–Crippen MR) is 47.0 cm³/mol. The lowest BCUT2D eigenvalue weighted by atomic mass is 10.3. The monoisotopic (exact) mass is 178 g/mol. The predicted octanol–water partition coefficient (Wildman–Crippen LogP) is 0.237. The zero-order valence-corrected chi connectivity index (χ0v) is 7.34. The van der Waals surface area contributed by atoms with E-state index in [9.17, 15) is 0 Å². The lowest BCUT2D eigenvalue weighted by molar-refractivity contribution is 0.316. The molecule has 0 saturated heterocycles. The van der Waals surface area contributed by atoms with Crippen LogP contribution in [-0.2, 0) is 0 Å². The number of nitrogens with two attached hydrogens (primary N) is 1. The molecule has 66 valence electrons. The Bertz CT molecular complexity index is 130. The third-order valence-electron chi connectivity index (χ3n) is 1.23. The van der Waals surface area contributed by atoms with Gasteiger partial charge in [0.2, 0.25) is 0 Å². The maximum atomic E-state index is 8.50. The molecule has 0 aromatic heterocycles. The van der Waals surface area contributed by atoms with Gasteiger partial charge in [0.15, 0.2) is 5.84 Å². The minimum Gasteiger partial charge on any atom is -0.409 e. The normalized spacial score (nSPS) is 14.9. The highest BCUT2D eigenvalue weighted by Crippen LogP contribution is 2.13. The molecule has 5 heteroatoms. The Balaban J connectivity index is 3.75. The Morgan fingerprint density at radius 3 is 2.73 bits per heavy atom. The minimum absolute atomic E-state index is 0.0205. The summed E-state index contributed by atoms with van der Waals surface area (Å²) in [6, 6.07) is 0. The standard InChI is InChI=1S/C6H14N2O2S/c1-2-5(6(7)8-10)11-4-3-9/h5,9-10H,2-4H2,1H3,(H2,7,8). The van der Waals surface area contributed by atoms with Crippen LogP contribution in [0.2, 0.25) is 0 Å². The molecule has 0 aromatic carbocycles. The minimum atomic E-state index is 0.0205. The number of hydrogen-bond donors (Lipinski definition) is 3. The summed E-state index contributed by atoms with van der Waals surface area (Å²) in [5.74, 6) is 0.848. The van der Waals surface area contributed by atoms with Crippen molar-refractivity contribution in [3.05, 3.63) is 0 Å². The topological polar surface area (TPSA) is 78.8 Å². The van der Waals surface area contributed by atoms with Crippen molar-refractivity contribution in [2.75, 3.05) is 12.4 Å². The summed E-state index contributed by atoms with van der Waals surface area (Å²) < 4.78 is 0. The third-order valence-corrected chi connectivity index (χ3v) is 2.62. The van der Waals surface area contributed by atoms with E-state index in [2.05, 4.69) is 5.16 Å². The molecule has 4 N–H and O–H groups in total. The molecule has 0 spiro atoms. The SMILES string of the molecule is CCC(SCCO)C(N)=NO. The van der Waals surface area contributed by atoms with Crippen molar-refractivity contribution in [2.24, 2.45) is 10.9 Å². The first kappa shape index (κ1) is 10.6.